The number of H-pyrrole nitrogens is 1. The van der Waals surface area contributed by atoms with Crippen molar-refractivity contribution in [3.05, 3.63) is 28.9 Å². The summed E-state index contributed by atoms with van der Waals surface area (Å²) in [6.45, 7) is 4.21. The monoisotopic (exact) mass is 232 g/mol. The molecule has 0 aliphatic heterocycles. The third-order valence-corrected chi connectivity index (χ3v) is 2.66. The lowest BCUT2D eigenvalue weighted by Gasteiger charge is -2.14. The van der Waals surface area contributed by atoms with Crippen LogP contribution in [0.5, 0.6) is 0 Å². The van der Waals surface area contributed by atoms with E-state index in [2.05, 4.69) is 34.1 Å². The van der Waals surface area contributed by atoms with Crippen LogP contribution in [0, 0.1) is 0 Å². The van der Waals surface area contributed by atoms with Gasteiger partial charge in [-0.25, -0.2) is 9.97 Å². The molecule has 0 spiro atoms. The van der Waals surface area contributed by atoms with Crippen LogP contribution in [0.1, 0.15) is 26.7 Å². The molecule has 90 valence electrons. The second-order valence-corrected chi connectivity index (χ2v) is 4.12. The number of rotatable bonds is 4. The van der Waals surface area contributed by atoms with E-state index in [0.29, 0.717) is 16.7 Å². The van der Waals surface area contributed by atoms with Gasteiger partial charge in [-0.3, -0.25) is 4.79 Å². The molecule has 0 aromatic carbocycles. The molecule has 0 radical (unpaired) electrons. The summed E-state index contributed by atoms with van der Waals surface area (Å²) in [5.74, 6) is 0.609. The molecule has 0 fully saturated rings. The molecule has 0 aliphatic carbocycles. The largest absolute Gasteiger partial charge is 0.367 e. The van der Waals surface area contributed by atoms with Gasteiger partial charge in [0.2, 0.25) is 0 Å². The third kappa shape index (κ3) is 2.43. The fourth-order valence-electron chi connectivity index (χ4n) is 1.87. The highest BCUT2D eigenvalue weighted by Gasteiger charge is 2.09. The fourth-order valence-corrected chi connectivity index (χ4v) is 1.87. The Hall–Kier alpha value is -1.91. The summed E-state index contributed by atoms with van der Waals surface area (Å²) in [6.07, 6.45) is 5.20. The van der Waals surface area contributed by atoms with Gasteiger partial charge in [-0.05, 0) is 19.4 Å². The van der Waals surface area contributed by atoms with Gasteiger partial charge in [-0.15, -0.1) is 0 Å². The molecule has 2 N–H and O–H groups in total. The molecule has 0 bridgehead atoms. The predicted octanol–water partition coefficient (Wildman–Crippen LogP) is 1.92. The molecule has 17 heavy (non-hydrogen) atoms. The Morgan fingerprint density at radius 2 is 2.29 bits per heavy atom. The van der Waals surface area contributed by atoms with Crippen LogP contribution in [0.2, 0.25) is 0 Å². The van der Waals surface area contributed by atoms with E-state index >= 15 is 0 Å². The van der Waals surface area contributed by atoms with Crippen LogP contribution in [-0.4, -0.2) is 21.0 Å². The number of nitrogens with zero attached hydrogens (tertiary/aromatic N) is 2. The van der Waals surface area contributed by atoms with Crippen LogP contribution in [0.3, 0.4) is 0 Å². The van der Waals surface area contributed by atoms with Gasteiger partial charge in [0.15, 0.2) is 0 Å². The molecule has 2 aromatic rings. The average Bonchev–Trinajstić information content (AvgIpc) is 2.29. The number of aromatic nitrogens is 3. The van der Waals surface area contributed by atoms with Gasteiger partial charge in [0.05, 0.1) is 5.52 Å². The molecule has 0 aliphatic rings. The number of hydrogen-bond donors (Lipinski definition) is 2. The highest BCUT2D eigenvalue weighted by atomic mass is 16.1. The Balaban J connectivity index is 2.44. The molecule has 5 nitrogen and oxygen atoms in total. The first kappa shape index (κ1) is 11.6. The summed E-state index contributed by atoms with van der Waals surface area (Å²) in [5.41, 5.74) is 0.504. The topological polar surface area (TPSA) is 70.7 Å². The number of pyridine rings is 1. The maximum Gasteiger partial charge on any atom is 0.261 e. The Morgan fingerprint density at radius 1 is 1.47 bits per heavy atom. The first-order valence-corrected chi connectivity index (χ1v) is 5.81. The number of hydrogen-bond acceptors (Lipinski definition) is 4. The van der Waals surface area contributed by atoms with E-state index in [-0.39, 0.29) is 11.6 Å². The van der Waals surface area contributed by atoms with Crippen LogP contribution in [0.4, 0.5) is 5.82 Å². The maximum absolute atomic E-state index is 11.8. The summed E-state index contributed by atoms with van der Waals surface area (Å²) < 4.78 is 0. The molecule has 0 amide bonds. The van der Waals surface area contributed by atoms with Crippen LogP contribution >= 0.6 is 0 Å². The molecule has 0 saturated carbocycles. The first-order valence-electron chi connectivity index (χ1n) is 5.81. The lowest BCUT2D eigenvalue weighted by molar-refractivity contribution is 0.688. The molecule has 1 atom stereocenters. The molecular formula is C12H16N4O. The zero-order valence-electron chi connectivity index (χ0n) is 10.0. The number of anilines is 1. The highest BCUT2D eigenvalue weighted by Crippen LogP contribution is 2.15. The van der Waals surface area contributed by atoms with Crippen LogP contribution in [-0.2, 0) is 0 Å². The van der Waals surface area contributed by atoms with Gasteiger partial charge < -0.3 is 10.3 Å². The van der Waals surface area contributed by atoms with E-state index in [0.717, 1.165) is 12.8 Å². The van der Waals surface area contributed by atoms with Crippen molar-refractivity contribution in [2.75, 3.05) is 5.32 Å². The Morgan fingerprint density at radius 3 is 3.06 bits per heavy atom. The molecule has 2 heterocycles. The van der Waals surface area contributed by atoms with E-state index in [1.165, 1.54) is 6.33 Å². The summed E-state index contributed by atoms with van der Waals surface area (Å²) >= 11 is 0. The van der Waals surface area contributed by atoms with Crippen molar-refractivity contribution in [2.24, 2.45) is 0 Å². The number of aromatic amines is 1. The van der Waals surface area contributed by atoms with Crippen molar-refractivity contribution in [1.82, 2.24) is 15.0 Å². The molecule has 2 rings (SSSR count). The number of fused-ring (bicyclic) bond motifs is 1. The van der Waals surface area contributed by atoms with Gasteiger partial charge in [0.1, 0.15) is 17.5 Å². The van der Waals surface area contributed by atoms with Crippen molar-refractivity contribution in [2.45, 2.75) is 32.7 Å². The van der Waals surface area contributed by atoms with Crippen LogP contribution < -0.4 is 10.9 Å². The van der Waals surface area contributed by atoms with Crippen molar-refractivity contribution in [3.8, 4) is 0 Å². The standard InChI is InChI=1S/C12H16N4O/c1-3-4-8(2)16-11-10-9(14-7-15-11)5-6-13-12(10)17/h5-8H,3-4H2,1-2H3,(H,13,17)(H,14,15,16). The predicted molar refractivity (Wildman–Crippen MR) is 68.2 cm³/mol. The molecule has 2 aromatic heterocycles. The summed E-state index contributed by atoms with van der Waals surface area (Å²) in [5, 5.41) is 3.78. The van der Waals surface area contributed by atoms with Crippen molar-refractivity contribution in [3.63, 3.8) is 0 Å². The lowest BCUT2D eigenvalue weighted by Crippen LogP contribution is -2.18. The SMILES string of the molecule is CCCC(C)Nc1ncnc2cc[nH]c(=O)c12. The summed E-state index contributed by atoms with van der Waals surface area (Å²) in [7, 11) is 0. The molecule has 0 saturated heterocycles. The third-order valence-electron chi connectivity index (χ3n) is 2.66. The van der Waals surface area contributed by atoms with Gasteiger partial charge in [0.25, 0.3) is 5.56 Å². The quantitative estimate of drug-likeness (QED) is 0.844. The van der Waals surface area contributed by atoms with Gasteiger partial charge >= 0.3 is 0 Å². The van der Waals surface area contributed by atoms with Crippen LogP contribution in [0.15, 0.2) is 23.4 Å². The van der Waals surface area contributed by atoms with Gasteiger partial charge in [0, 0.05) is 12.2 Å². The van der Waals surface area contributed by atoms with Crippen molar-refractivity contribution in [1.29, 1.82) is 0 Å². The normalized spacial score (nSPS) is 12.6. The van der Waals surface area contributed by atoms with Crippen LogP contribution in [0.25, 0.3) is 10.9 Å². The van der Waals surface area contributed by atoms with E-state index in [4.69, 9.17) is 0 Å². The number of nitrogens with one attached hydrogen (secondary N) is 2. The van der Waals surface area contributed by atoms with E-state index < -0.39 is 0 Å². The minimum absolute atomic E-state index is 0.158. The van der Waals surface area contributed by atoms with E-state index in [1.807, 2.05) is 0 Å². The summed E-state index contributed by atoms with van der Waals surface area (Å²) in [4.78, 5) is 22.6. The molecule has 5 heteroatoms. The lowest BCUT2D eigenvalue weighted by atomic mass is 10.2. The smallest absolute Gasteiger partial charge is 0.261 e. The molecular weight excluding hydrogens is 216 g/mol. The average molecular weight is 232 g/mol. The zero-order valence-corrected chi connectivity index (χ0v) is 10.0. The Bertz CT molecular complexity index is 558. The van der Waals surface area contributed by atoms with Gasteiger partial charge in [-0.1, -0.05) is 13.3 Å². The fraction of sp³-hybridized carbons (Fsp3) is 0.417. The Kier molecular flexibility index (Phi) is 3.37. The maximum atomic E-state index is 11.8. The first-order chi connectivity index (χ1) is 8.22. The van der Waals surface area contributed by atoms with E-state index in [9.17, 15) is 4.79 Å². The Labute approximate surface area is 99.3 Å². The van der Waals surface area contributed by atoms with E-state index in [1.54, 1.807) is 12.3 Å². The minimum atomic E-state index is -0.158. The van der Waals surface area contributed by atoms with Crippen molar-refractivity contribution < 1.29 is 0 Å². The minimum Gasteiger partial charge on any atom is -0.367 e. The summed E-state index contributed by atoms with van der Waals surface area (Å²) in [6, 6.07) is 2.06. The highest BCUT2D eigenvalue weighted by molar-refractivity contribution is 5.87. The zero-order chi connectivity index (χ0) is 12.3. The van der Waals surface area contributed by atoms with Crippen molar-refractivity contribution >= 4 is 16.7 Å². The second kappa shape index (κ2) is 4.95. The van der Waals surface area contributed by atoms with Gasteiger partial charge in [-0.2, -0.15) is 0 Å². The molecule has 1 unspecified atom stereocenters. The second-order valence-electron chi connectivity index (χ2n) is 4.12.